The molecule has 1 rings (SSSR count). The highest BCUT2D eigenvalue weighted by Gasteiger charge is 2.26. The molecule has 1 aromatic rings. The number of hydrogen-bond donors (Lipinski definition) is 0. The number of hydrogen-bond acceptors (Lipinski definition) is 1. The van der Waals surface area contributed by atoms with Crippen LogP contribution in [0.2, 0.25) is 0 Å². The predicted molar refractivity (Wildman–Crippen MR) is 62.7 cm³/mol. The third-order valence-electron chi connectivity index (χ3n) is 2.16. The molecule has 0 aliphatic heterocycles. The summed E-state index contributed by atoms with van der Waals surface area (Å²) in [6.07, 6.45) is 3.25. The third-order valence-corrected chi connectivity index (χ3v) is 3.13. The van der Waals surface area contributed by atoms with Crippen LogP contribution in [0.5, 0.6) is 0 Å². The quantitative estimate of drug-likeness (QED) is 0.457. The minimum Gasteiger partial charge on any atom is -0.301 e. The molecule has 0 aliphatic carbocycles. The van der Waals surface area contributed by atoms with E-state index in [1.165, 1.54) is 5.56 Å². The van der Waals surface area contributed by atoms with Crippen LogP contribution in [0.3, 0.4) is 0 Å². The van der Waals surface area contributed by atoms with Crippen LogP contribution < -0.4 is 0 Å². The molecule has 0 radical (unpaired) electrons. The molecule has 0 amide bonds. The Bertz CT molecular complexity index is 329. The first-order chi connectivity index (χ1) is 6.62. The van der Waals surface area contributed by atoms with Gasteiger partial charge in [-0.25, -0.2) is 0 Å². The Morgan fingerprint density at radius 3 is 2.43 bits per heavy atom. The van der Waals surface area contributed by atoms with Gasteiger partial charge in [-0.1, -0.05) is 51.8 Å². The van der Waals surface area contributed by atoms with Crippen LogP contribution in [0.1, 0.15) is 17.5 Å². The molecule has 1 nitrogen and oxygen atoms in total. The summed E-state index contributed by atoms with van der Waals surface area (Å²) in [4.78, 5) is 11.0. The Hall–Kier alpha value is -0.890. The number of allylic oxidation sites excluding steroid dienone is 1. The van der Waals surface area contributed by atoms with Crippen molar-refractivity contribution in [1.82, 2.24) is 0 Å². The molecule has 74 valence electrons. The third kappa shape index (κ3) is 2.32. The largest absolute Gasteiger partial charge is 0.301 e. The minimum atomic E-state index is -0.609. The van der Waals surface area contributed by atoms with Gasteiger partial charge in [0, 0.05) is 0 Å². The summed E-state index contributed by atoms with van der Waals surface area (Å²) in [7, 11) is 0. The lowest BCUT2D eigenvalue weighted by Gasteiger charge is -2.19. The molecule has 0 N–H and O–H groups in total. The number of carbonyl (C=O) groups is 1. The fraction of sp³-hybridized carbons (Fsp3) is 0.250. The average molecular weight is 253 g/mol. The zero-order valence-electron chi connectivity index (χ0n) is 8.16. The van der Waals surface area contributed by atoms with Gasteiger partial charge in [0.05, 0.1) is 0 Å². The van der Waals surface area contributed by atoms with Gasteiger partial charge < -0.3 is 4.79 Å². The lowest BCUT2D eigenvalue weighted by molar-refractivity contribution is -0.109. The van der Waals surface area contributed by atoms with Crippen molar-refractivity contribution >= 4 is 22.2 Å². The van der Waals surface area contributed by atoms with Gasteiger partial charge in [-0.05, 0) is 18.9 Å². The molecule has 0 aliphatic rings. The van der Waals surface area contributed by atoms with Crippen molar-refractivity contribution in [2.45, 2.75) is 17.7 Å². The fourth-order valence-corrected chi connectivity index (χ4v) is 1.77. The van der Waals surface area contributed by atoms with E-state index < -0.39 is 4.32 Å². The maximum atomic E-state index is 11.0. The van der Waals surface area contributed by atoms with Crippen LogP contribution in [0.25, 0.3) is 0 Å². The Morgan fingerprint density at radius 1 is 1.43 bits per heavy atom. The van der Waals surface area contributed by atoms with Gasteiger partial charge in [0.1, 0.15) is 10.6 Å². The zero-order chi connectivity index (χ0) is 10.6. The molecule has 0 spiro atoms. The van der Waals surface area contributed by atoms with Crippen molar-refractivity contribution in [1.29, 1.82) is 0 Å². The van der Waals surface area contributed by atoms with Gasteiger partial charge in [0.15, 0.2) is 0 Å². The lowest BCUT2D eigenvalue weighted by atomic mass is 9.96. The number of aldehydes is 1. The van der Waals surface area contributed by atoms with E-state index in [1.807, 2.05) is 31.2 Å². The Morgan fingerprint density at radius 2 is 2.00 bits per heavy atom. The van der Waals surface area contributed by atoms with Crippen molar-refractivity contribution < 1.29 is 4.79 Å². The highest BCUT2D eigenvalue weighted by Crippen LogP contribution is 2.33. The molecule has 0 saturated heterocycles. The van der Waals surface area contributed by atoms with E-state index in [9.17, 15) is 4.79 Å². The number of halogens is 1. The highest BCUT2D eigenvalue weighted by molar-refractivity contribution is 9.10. The van der Waals surface area contributed by atoms with E-state index in [2.05, 4.69) is 22.5 Å². The second kappa shape index (κ2) is 4.56. The van der Waals surface area contributed by atoms with Gasteiger partial charge in [0.25, 0.3) is 0 Å². The molecule has 1 atom stereocenters. The molecular weight excluding hydrogens is 240 g/mol. The molecule has 1 aromatic carbocycles. The molecule has 0 fully saturated rings. The molecule has 0 bridgehead atoms. The zero-order valence-corrected chi connectivity index (χ0v) is 9.75. The smallest absolute Gasteiger partial charge is 0.141 e. The van der Waals surface area contributed by atoms with E-state index in [4.69, 9.17) is 0 Å². The standard InChI is InChI=1S/C12H13BrO/c1-3-8-12(13,9-14)11-6-4-10(2)5-7-11/h3-7,9H,1,8H2,2H3. The molecule has 14 heavy (non-hydrogen) atoms. The second-order valence-corrected chi connectivity index (χ2v) is 4.75. The molecule has 1 unspecified atom stereocenters. The molecule has 2 heteroatoms. The summed E-state index contributed by atoms with van der Waals surface area (Å²) < 4.78 is -0.609. The molecule has 0 aromatic heterocycles. The number of rotatable bonds is 4. The Labute approximate surface area is 93.0 Å². The van der Waals surface area contributed by atoms with Crippen molar-refractivity contribution in [2.75, 3.05) is 0 Å². The van der Waals surface area contributed by atoms with Gasteiger partial charge in [-0.15, -0.1) is 6.58 Å². The van der Waals surface area contributed by atoms with Crippen LogP contribution in [-0.2, 0) is 9.12 Å². The molecule has 0 saturated carbocycles. The first kappa shape index (κ1) is 11.2. The summed E-state index contributed by atoms with van der Waals surface area (Å²) in [5, 5.41) is 0. The van der Waals surface area contributed by atoms with Crippen LogP contribution >= 0.6 is 15.9 Å². The summed E-state index contributed by atoms with van der Waals surface area (Å²) >= 11 is 3.44. The number of carbonyl (C=O) groups excluding carboxylic acids is 1. The van der Waals surface area contributed by atoms with E-state index >= 15 is 0 Å². The maximum absolute atomic E-state index is 11.0. The first-order valence-electron chi connectivity index (χ1n) is 4.45. The predicted octanol–water partition coefficient (Wildman–Crippen LogP) is 3.36. The van der Waals surface area contributed by atoms with Gasteiger partial charge in [0.2, 0.25) is 0 Å². The number of benzene rings is 1. The summed E-state index contributed by atoms with van der Waals surface area (Å²) in [6.45, 7) is 5.67. The van der Waals surface area contributed by atoms with Gasteiger partial charge >= 0.3 is 0 Å². The van der Waals surface area contributed by atoms with Crippen molar-refractivity contribution in [2.24, 2.45) is 0 Å². The van der Waals surface area contributed by atoms with E-state index in [-0.39, 0.29) is 0 Å². The van der Waals surface area contributed by atoms with E-state index in [1.54, 1.807) is 6.08 Å². The summed E-state index contributed by atoms with van der Waals surface area (Å²) in [5.41, 5.74) is 2.16. The monoisotopic (exact) mass is 252 g/mol. The summed E-state index contributed by atoms with van der Waals surface area (Å²) in [5.74, 6) is 0. The van der Waals surface area contributed by atoms with Crippen LogP contribution in [0.4, 0.5) is 0 Å². The Balaban J connectivity index is 3.05. The number of alkyl halides is 1. The van der Waals surface area contributed by atoms with Crippen LogP contribution in [-0.4, -0.2) is 6.29 Å². The maximum Gasteiger partial charge on any atom is 0.141 e. The van der Waals surface area contributed by atoms with Crippen LogP contribution in [0, 0.1) is 6.92 Å². The molecular formula is C12H13BrO. The fourth-order valence-electron chi connectivity index (χ4n) is 1.27. The lowest BCUT2D eigenvalue weighted by Crippen LogP contribution is -2.18. The normalized spacial score (nSPS) is 14.4. The summed E-state index contributed by atoms with van der Waals surface area (Å²) in [6, 6.07) is 7.92. The van der Waals surface area contributed by atoms with Crippen molar-refractivity contribution in [3.8, 4) is 0 Å². The van der Waals surface area contributed by atoms with Crippen LogP contribution in [0.15, 0.2) is 36.9 Å². The van der Waals surface area contributed by atoms with Crippen molar-refractivity contribution in [3.63, 3.8) is 0 Å². The van der Waals surface area contributed by atoms with Gasteiger partial charge in [-0.3, -0.25) is 0 Å². The van der Waals surface area contributed by atoms with E-state index in [0.717, 1.165) is 11.8 Å². The molecule has 0 heterocycles. The van der Waals surface area contributed by atoms with Gasteiger partial charge in [-0.2, -0.15) is 0 Å². The number of aryl methyl sites for hydroxylation is 1. The first-order valence-corrected chi connectivity index (χ1v) is 5.25. The van der Waals surface area contributed by atoms with Crippen molar-refractivity contribution in [3.05, 3.63) is 48.0 Å². The minimum absolute atomic E-state index is 0.597. The average Bonchev–Trinajstić information content (AvgIpc) is 2.19. The SMILES string of the molecule is C=CCC(Br)(C=O)c1ccc(C)cc1. The topological polar surface area (TPSA) is 17.1 Å². The Kier molecular flexibility index (Phi) is 3.64. The second-order valence-electron chi connectivity index (χ2n) is 3.34. The highest BCUT2D eigenvalue weighted by atomic mass is 79.9. The van der Waals surface area contributed by atoms with E-state index in [0.29, 0.717) is 6.42 Å².